The molecule has 0 heterocycles. The third-order valence-corrected chi connectivity index (χ3v) is 3.23. The Labute approximate surface area is 115 Å². The van der Waals surface area contributed by atoms with Crippen LogP contribution in [0.3, 0.4) is 0 Å². The van der Waals surface area contributed by atoms with Crippen LogP contribution in [0, 0.1) is 0 Å². The minimum Gasteiger partial charge on any atom is -0.494 e. The second-order valence-corrected chi connectivity index (χ2v) is 4.66. The van der Waals surface area contributed by atoms with Gasteiger partial charge in [-0.3, -0.25) is 0 Å². The molecule has 0 saturated carbocycles. The Morgan fingerprint density at radius 3 is 2.58 bits per heavy atom. The molecule has 2 N–H and O–H groups in total. The fourth-order valence-corrected chi connectivity index (χ4v) is 2.03. The summed E-state index contributed by atoms with van der Waals surface area (Å²) in [6.45, 7) is 2.80. The summed E-state index contributed by atoms with van der Waals surface area (Å²) in [5.74, 6) is 0.900. The van der Waals surface area contributed by atoms with Gasteiger partial charge in [0, 0.05) is 12.5 Å². The molecular formula is C17H21NO. The van der Waals surface area contributed by atoms with Crippen molar-refractivity contribution in [2.75, 3.05) is 6.61 Å². The van der Waals surface area contributed by atoms with Gasteiger partial charge in [-0.1, -0.05) is 49.4 Å². The lowest BCUT2D eigenvalue weighted by Crippen LogP contribution is -2.14. The molecule has 0 bridgehead atoms. The smallest absolute Gasteiger partial charge is 0.119 e. The quantitative estimate of drug-likeness (QED) is 0.854. The summed E-state index contributed by atoms with van der Waals surface area (Å²) in [6.07, 6.45) is 1.86. The standard InChI is InChI=1S/C17H21NO/c1-2-14-7-6-8-15(13-14)17(18)11-12-19-16-9-4-3-5-10-16/h3-10,13,17H,2,11-12,18H2,1H3. The van der Waals surface area contributed by atoms with Crippen LogP contribution < -0.4 is 10.5 Å². The molecule has 2 nitrogen and oxygen atoms in total. The van der Waals surface area contributed by atoms with Crippen molar-refractivity contribution in [3.05, 3.63) is 65.7 Å². The highest BCUT2D eigenvalue weighted by Gasteiger charge is 2.06. The highest BCUT2D eigenvalue weighted by Crippen LogP contribution is 2.17. The Bertz CT molecular complexity index is 496. The van der Waals surface area contributed by atoms with E-state index >= 15 is 0 Å². The molecule has 0 aliphatic carbocycles. The zero-order chi connectivity index (χ0) is 13.5. The molecule has 0 saturated heterocycles. The Morgan fingerprint density at radius 2 is 1.84 bits per heavy atom. The van der Waals surface area contributed by atoms with Crippen molar-refractivity contribution in [2.45, 2.75) is 25.8 Å². The zero-order valence-corrected chi connectivity index (χ0v) is 11.4. The van der Waals surface area contributed by atoms with Crippen molar-refractivity contribution in [2.24, 2.45) is 5.73 Å². The highest BCUT2D eigenvalue weighted by atomic mass is 16.5. The van der Waals surface area contributed by atoms with E-state index in [2.05, 4.69) is 31.2 Å². The maximum atomic E-state index is 6.20. The summed E-state index contributed by atoms with van der Waals surface area (Å²) >= 11 is 0. The minimum absolute atomic E-state index is 0.0372. The maximum Gasteiger partial charge on any atom is 0.119 e. The van der Waals surface area contributed by atoms with Crippen molar-refractivity contribution in [1.29, 1.82) is 0 Å². The first kappa shape index (κ1) is 13.6. The normalized spacial score (nSPS) is 12.1. The van der Waals surface area contributed by atoms with Crippen LogP contribution in [-0.2, 0) is 6.42 Å². The average molecular weight is 255 g/mol. The van der Waals surface area contributed by atoms with Gasteiger partial charge in [0.25, 0.3) is 0 Å². The lowest BCUT2D eigenvalue weighted by atomic mass is 10.0. The van der Waals surface area contributed by atoms with E-state index in [9.17, 15) is 0 Å². The van der Waals surface area contributed by atoms with E-state index < -0.39 is 0 Å². The highest BCUT2D eigenvalue weighted by molar-refractivity contribution is 5.26. The van der Waals surface area contributed by atoms with Crippen LogP contribution >= 0.6 is 0 Å². The number of benzene rings is 2. The second-order valence-electron chi connectivity index (χ2n) is 4.66. The first-order chi connectivity index (χ1) is 9.29. The molecule has 0 fully saturated rings. The number of ether oxygens (including phenoxy) is 1. The van der Waals surface area contributed by atoms with Crippen LogP contribution in [0.5, 0.6) is 5.75 Å². The number of hydrogen-bond donors (Lipinski definition) is 1. The van der Waals surface area contributed by atoms with Gasteiger partial charge < -0.3 is 10.5 Å². The van der Waals surface area contributed by atoms with E-state index in [1.54, 1.807) is 0 Å². The van der Waals surface area contributed by atoms with Gasteiger partial charge in [0.2, 0.25) is 0 Å². The van der Waals surface area contributed by atoms with Crippen molar-refractivity contribution < 1.29 is 4.74 Å². The van der Waals surface area contributed by atoms with Crippen LogP contribution in [0.4, 0.5) is 0 Å². The fraction of sp³-hybridized carbons (Fsp3) is 0.294. The Balaban J connectivity index is 1.85. The van der Waals surface area contributed by atoms with E-state index in [-0.39, 0.29) is 6.04 Å². The summed E-state index contributed by atoms with van der Waals surface area (Å²) < 4.78 is 5.67. The van der Waals surface area contributed by atoms with Crippen molar-refractivity contribution in [3.8, 4) is 5.75 Å². The molecule has 100 valence electrons. The van der Waals surface area contributed by atoms with Crippen molar-refractivity contribution in [3.63, 3.8) is 0 Å². The third-order valence-electron chi connectivity index (χ3n) is 3.23. The number of rotatable bonds is 6. The van der Waals surface area contributed by atoms with Crippen molar-refractivity contribution in [1.82, 2.24) is 0 Å². The largest absolute Gasteiger partial charge is 0.494 e. The van der Waals surface area contributed by atoms with Gasteiger partial charge in [0.15, 0.2) is 0 Å². The summed E-state index contributed by atoms with van der Waals surface area (Å²) in [7, 11) is 0. The molecule has 2 aromatic carbocycles. The minimum atomic E-state index is 0.0372. The van der Waals surface area contributed by atoms with Gasteiger partial charge in [-0.05, 0) is 29.7 Å². The van der Waals surface area contributed by atoms with Gasteiger partial charge in [-0.15, -0.1) is 0 Å². The molecule has 0 spiro atoms. The number of nitrogens with two attached hydrogens (primary N) is 1. The molecule has 0 radical (unpaired) electrons. The molecule has 2 heteroatoms. The fourth-order valence-electron chi connectivity index (χ4n) is 2.03. The Kier molecular flexibility index (Phi) is 4.99. The molecule has 2 aromatic rings. The summed E-state index contributed by atoms with van der Waals surface area (Å²) in [5, 5.41) is 0. The first-order valence-corrected chi connectivity index (χ1v) is 6.82. The van der Waals surface area contributed by atoms with E-state index in [4.69, 9.17) is 10.5 Å². The van der Waals surface area contributed by atoms with Crippen molar-refractivity contribution >= 4 is 0 Å². The molecule has 0 aliphatic rings. The van der Waals surface area contributed by atoms with E-state index in [1.165, 1.54) is 11.1 Å². The molecule has 0 aliphatic heterocycles. The van der Waals surface area contributed by atoms with Crippen LogP contribution in [0.25, 0.3) is 0 Å². The molecule has 1 atom stereocenters. The molecule has 0 aromatic heterocycles. The Hall–Kier alpha value is -1.80. The van der Waals surface area contributed by atoms with Gasteiger partial charge >= 0.3 is 0 Å². The van der Waals surface area contributed by atoms with Gasteiger partial charge in [-0.25, -0.2) is 0 Å². The average Bonchev–Trinajstić information content (AvgIpc) is 2.48. The lowest BCUT2D eigenvalue weighted by Gasteiger charge is -2.14. The van der Waals surface area contributed by atoms with E-state index in [1.807, 2.05) is 30.3 Å². The van der Waals surface area contributed by atoms with Crippen LogP contribution in [0.2, 0.25) is 0 Å². The molecule has 19 heavy (non-hydrogen) atoms. The maximum absolute atomic E-state index is 6.20. The number of hydrogen-bond acceptors (Lipinski definition) is 2. The van der Waals surface area contributed by atoms with E-state index in [0.29, 0.717) is 6.61 Å². The summed E-state index contributed by atoms with van der Waals surface area (Å²) in [5.41, 5.74) is 8.72. The monoisotopic (exact) mass is 255 g/mol. The van der Waals surface area contributed by atoms with Gasteiger partial charge in [0.1, 0.15) is 5.75 Å². The van der Waals surface area contributed by atoms with E-state index in [0.717, 1.165) is 18.6 Å². The summed E-state index contributed by atoms with van der Waals surface area (Å²) in [4.78, 5) is 0. The van der Waals surface area contributed by atoms with Gasteiger partial charge in [0.05, 0.1) is 6.61 Å². The third kappa shape index (κ3) is 4.11. The zero-order valence-electron chi connectivity index (χ0n) is 11.4. The van der Waals surface area contributed by atoms with Crippen LogP contribution in [0.1, 0.15) is 30.5 Å². The predicted molar refractivity (Wildman–Crippen MR) is 79.3 cm³/mol. The summed E-state index contributed by atoms with van der Waals surface area (Å²) in [6, 6.07) is 18.4. The predicted octanol–water partition coefficient (Wildman–Crippen LogP) is 3.72. The lowest BCUT2D eigenvalue weighted by molar-refractivity contribution is 0.298. The molecule has 1 unspecified atom stereocenters. The van der Waals surface area contributed by atoms with Crippen LogP contribution in [0.15, 0.2) is 54.6 Å². The van der Waals surface area contributed by atoms with Crippen LogP contribution in [-0.4, -0.2) is 6.61 Å². The number of aryl methyl sites for hydroxylation is 1. The first-order valence-electron chi connectivity index (χ1n) is 6.82. The number of para-hydroxylation sites is 1. The molecule has 0 amide bonds. The Morgan fingerprint density at radius 1 is 1.05 bits per heavy atom. The van der Waals surface area contributed by atoms with Gasteiger partial charge in [-0.2, -0.15) is 0 Å². The molecular weight excluding hydrogens is 234 g/mol. The molecule has 2 rings (SSSR count). The SMILES string of the molecule is CCc1cccc(C(N)CCOc2ccccc2)c1. The second kappa shape index (κ2) is 6.95. The topological polar surface area (TPSA) is 35.2 Å².